The maximum absolute atomic E-state index is 13.1. The van der Waals surface area contributed by atoms with Crippen molar-refractivity contribution in [2.45, 2.75) is 13.3 Å². The first-order valence-corrected chi connectivity index (χ1v) is 5.09. The van der Waals surface area contributed by atoms with E-state index in [1.807, 2.05) is 0 Å². The highest BCUT2D eigenvalue weighted by Crippen LogP contribution is 2.23. The van der Waals surface area contributed by atoms with E-state index >= 15 is 0 Å². The highest BCUT2D eigenvalue weighted by molar-refractivity contribution is 5.72. The van der Waals surface area contributed by atoms with Gasteiger partial charge in [0.2, 0.25) is 0 Å². The summed E-state index contributed by atoms with van der Waals surface area (Å²) < 4.78 is 13.1. The SMILES string of the molecule is Cc1c(-c2cccc(F)c2)n[nH]c1CC(=O)O. The van der Waals surface area contributed by atoms with Gasteiger partial charge in [-0.1, -0.05) is 12.1 Å². The standard InChI is InChI=1S/C12H11FN2O2/c1-7-10(6-11(16)17)14-15-12(7)8-3-2-4-9(13)5-8/h2-5H,6H2,1H3,(H,14,15)(H,16,17). The van der Waals surface area contributed by atoms with Crippen molar-refractivity contribution in [1.29, 1.82) is 0 Å². The summed E-state index contributed by atoms with van der Waals surface area (Å²) in [4.78, 5) is 10.6. The largest absolute Gasteiger partial charge is 0.481 e. The monoisotopic (exact) mass is 234 g/mol. The fourth-order valence-corrected chi connectivity index (χ4v) is 1.67. The minimum Gasteiger partial charge on any atom is -0.481 e. The number of carboxylic acids is 1. The molecule has 0 spiro atoms. The number of nitrogens with one attached hydrogen (secondary N) is 1. The lowest BCUT2D eigenvalue weighted by molar-refractivity contribution is -0.136. The summed E-state index contributed by atoms with van der Waals surface area (Å²) in [6.07, 6.45) is -0.117. The summed E-state index contributed by atoms with van der Waals surface area (Å²) in [6, 6.07) is 6.05. The predicted molar refractivity (Wildman–Crippen MR) is 60.1 cm³/mol. The minimum absolute atomic E-state index is 0.117. The number of aliphatic carboxylic acids is 1. The zero-order valence-electron chi connectivity index (χ0n) is 9.20. The molecule has 0 unspecified atom stereocenters. The lowest BCUT2D eigenvalue weighted by Crippen LogP contribution is -2.01. The molecule has 0 bridgehead atoms. The second-order valence-corrected chi connectivity index (χ2v) is 3.76. The minimum atomic E-state index is -0.928. The van der Waals surface area contributed by atoms with Gasteiger partial charge in [0.15, 0.2) is 0 Å². The van der Waals surface area contributed by atoms with Crippen molar-refractivity contribution in [3.05, 3.63) is 41.3 Å². The van der Waals surface area contributed by atoms with Gasteiger partial charge in [-0.05, 0) is 24.6 Å². The third kappa shape index (κ3) is 2.33. The molecular weight excluding hydrogens is 223 g/mol. The molecule has 0 aliphatic heterocycles. The van der Waals surface area contributed by atoms with E-state index in [-0.39, 0.29) is 12.2 Å². The normalized spacial score (nSPS) is 10.5. The Kier molecular flexibility index (Phi) is 2.91. The van der Waals surface area contributed by atoms with Crippen LogP contribution in [0.1, 0.15) is 11.3 Å². The van der Waals surface area contributed by atoms with Crippen LogP contribution in [0.15, 0.2) is 24.3 Å². The van der Waals surface area contributed by atoms with E-state index in [0.717, 1.165) is 5.56 Å². The summed E-state index contributed by atoms with van der Waals surface area (Å²) in [5, 5.41) is 15.4. The van der Waals surface area contributed by atoms with Crippen molar-refractivity contribution in [1.82, 2.24) is 10.2 Å². The summed E-state index contributed by atoms with van der Waals surface area (Å²) >= 11 is 0. The molecule has 88 valence electrons. The van der Waals surface area contributed by atoms with Crippen LogP contribution in [-0.2, 0) is 11.2 Å². The average molecular weight is 234 g/mol. The molecule has 5 heteroatoms. The number of benzene rings is 1. The van der Waals surface area contributed by atoms with Gasteiger partial charge in [-0.15, -0.1) is 0 Å². The number of hydrogen-bond acceptors (Lipinski definition) is 2. The van der Waals surface area contributed by atoms with Crippen LogP contribution in [0, 0.1) is 12.7 Å². The van der Waals surface area contributed by atoms with Crippen molar-refractivity contribution in [2.24, 2.45) is 0 Å². The fourth-order valence-electron chi connectivity index (χ4n) is 1.67. The molecule has 2 rings (SSSR count). The van der Waals surface area contributed by atoms with Gasteiger partial charge in [0, 0.05) is 11.3 Å². The molecule has 2 N–H and O–H groups in total. The smallest absolute Gasteiger partial charge is 0.309 e. The number of carbonyl (C=O) groups is 1. The van der Waals surface area contributed by atoms with Gasteiger partial charge in [0.1, 0.15) is 5.82 Å². The number of nitrogens with zero attached hydrogens (tertiary/aromatic N) is 1. The molecule has 4 nitrogen and oxygen atoms in total. The number of halogens is 1. The quantitative estimate of drug-likeness (QED) is 0.855. The van der Waals surface area contributed by atoms with Gasteiger partial charge in [-0.3, -0.25) is 9.89 Å². The summed E-state index contributed by atoms with van der Waals surface area (Å²) in [6.45, 7) is 1.77. The molecule has 0 saturated carbocycles. The molecule has 1 aromatic carbocycles. The molecule has 17 heavy (non-hydrogen) atoms. The predicted octanol–water partition coefficient (Wildman–Crippen LogP) is 2.15. The molecular formula is C12H11FN2O2. The Hall–Kier alpha value is -2.17. The van der Waals surface area contributed by atoms with Crippen LogP contribution >= 0.6 is 0 Å². The average Bonchev–Trinajstić information content (AvgIpc) is 2.60. The third-order valence-corrected chi connectivity index (χ3v) is 2.54. The highest BCUT2D eigenvalue weighted by Gasteiger charge is 2.13. The number of carboxylic acid groups (broad SMARTS) is 1. The Balaban J connectivity index is 2.40. The van der Waals surface area contributed by atoms with Crippen LogP contribution < -0.4 is 0 Å². The maximum atomic E-state index is 13.1. The number of aromatic nitrogens is 2. The van der Waals surface area contributed by atoms with Crippen molar-refractivity contribution in [3.8, 4) is 11.3 Å². The highest BCUT2D eigenvalue weighted by atomic mass is 19.1. The summed E-state index contributed by atoms with van der Waals surface area (Å²) in [5.41, 5.74) is 2.49. The Labute approximate surface area is 97.1 Å². The van der Waals surface area contributed by atoms with Gasteiger partial charge in [0.25, 0.3) is 0 Å². The number of rotatable bonds is 3. The molecule has 2 aromatic rings. The van der Waals surface area contributed by atoms with E-state index in [0.29, 0.717) is 17.0 Å². The first-order valence-electron chi connectivity index (χ1n) is 5.09. The van der Waals surface area contributed by atoms with Crippen molar-refractivity contribution >= 4 is 5.97 Å². The third-order valence-electron chi connectivity index (χ3n) is 2.54. The second-order valence-electron chi connectivity index (χ2n) is 3.76. The van der Waals surface area contributed by atoms with Crippen LogP contribution in [0.4, 0.5) is 4.39 Å². The first-order chi connectivity index (χ1) is 8.08. The Morgan fingerprint density at radius 2 is 2.29 bits per heavy atom. The summed E-state index contributed by atoms with van der Waals surface area (Å²) in [7, 11) is 0. The van der Waals surface area contributed by atoms with Crippen molar-refractivity contribution in [2.75, 3.05) is 0 Å². The number of H-pyrrole nitrogens is 1. The molecule has 0 amide bonds. The van der Waals surface area contributed by atoms with Crippen LogP contribution in [0.2, 0.25) is 0 Å². The summed E-state index contributed by atoms with van der Waals surface area (Å²) in [5.74, 6) is -1.27. The van der Waals surface area contributed by atoms with Crippen LogP contribution in [-0.4, -0.2) is 21.3 Å². The Morgan fingerprint density at radius 1 is 1.53 bits per heavy atom. The lowest BCUT2D eigenvalue weighted by atomic mass is 10.1. The fraction of sp³-hybridized carbons (Fsp3) is 0.167. The molecule has 0 aliphatic rings. The van der Waals surface area contributed by atoms with E-state index in [9.17, 15) is 9.18 Å². The maximum Gasteiger partial charge on any atom is 0.309 e. The van der Waals surface area contributed by atoms with Gasteiger partial charge < -0.3 is 5.11 Å². The number of hydrogen-bond donors (Lipinski definition) is 2. The van der Waals surface area contributed by atoms with Crippen LogP contribution in [0.3, 0.4) is 0 Å². The molecule has 1 heterocycles. The zero-order valence-corrected chi connectivity index (χ0v) is 9.20. The van der Waals surface area contributed by atoms with E-state index in [4.69, 9.17) is 5.11 Å². The van der Waals surface area contributed by atoms with E-state index in [2.05, 4.69) is 10.2 Å². The van der Waals surface area contributed by atoms with Crippen molar-refractivity contribution in [3.63, 3.8) is 0 Å². The molecule has 0 radical (unpaired) electrons. The molecule has 0 saturated heterocycles. The van der Waals surface area contributed by atoms with E-state index in [1.165, 1.54) is 12.1 Å². The van der Waals surface area contributed by atoms with E-state index < -0.39 is 5.97 Å². The second kappa shape index (κ2) is 4.37. The molecule has 0 aliphatic carbocycles. The zero-order chi connectivity index (χ0) is 12.4. The van der Waals surface area contributed by atoms with Crippen LogP contribution in [0.25, 0.3) is 11.3 Å². The number of aromatic amines is 1. The van der Waals surface area contributed by atoms with Gasteiger partial charge in [-0.25, -0.2) is 4.39 Å². The topological polar surface area (TPSA) is 66.0 Å². The lowest BCUT2D eigenvalue weighted by Gasteiger charge is -1.99. The van der Waals surface area contributed by atoms with Crippen molar-refractivity contribution < 1.29 is 14.3 Å². The Morgan fingerprint density at radius 3 is 2.94 bits per heavy atom. The first kappa shape index (κ1) is 11.3. The van der Waals surface area contributed by atoms with Gasteiger partial charge in [-0.2, -0.15) is 5.10 Å². The van der Waals surface area contributed by atoms with Gasteiger partial charge in [0.05, 0.1) is 12.1 Å². The molecule has 0 fully saturated rings. The van der Waals surface area contributed by atoms with E-state index in [1.54, 1.807) is 19.1 Å². The molecule has 1 aromatic heterocycles. The van der Waals surface area contributed by atoms with Crippen LogP contribution in [0.5, 0.6) is 0 Å². The van der Waals surface area contributed by atoms with Gasteiger partial charge >= 0.3 is 5.97 Å². The molecule has 0 atom stereocenters. The Bertz CT molecular complexity index is 563.